The summed E-state index contributed by atoms with van der Waals surface area (Å²) >= 11 is 0. The molecule has 92 heavy (non-hydrogen) atoms. The largest absolute Gasteiger partial charge is 0.756 e. The normalized spacial score (nSPS) is 14.5. The van der Waals surface area contributed by atoms with Gasteiger partial charge in [0, 0.05) is 12.8 Å². The number of unbranched alkanes of at least 4 members (excludes halogenated alkanes) is 12. The lowest BCUT2D eigenvalue weighted by atomic mass is 10.1. The van der Waals surface area contributed by atoms with Crippen LogP contribution in [0.5, 0.6) is 0 Å². The van der Waals surface area contributed by atoms with E-state index in [4.69, 9.17) is 18.5 Å². The highest BCUT2D eigenvalue weighted by molar-refractivity contribution is 7.45. The van der Waals surface area contributed by atoms with Gasteiger partial charge in [-0.1, -0.05) is 284 Å². The number of nitrogens with zero attached hydrogens (tertiary/aromatic N) is 1. The second-order valence-electron chi connectivity index (χ2n) is 23.8. The number of phosphoric acid groups is 1. The Morgan fingerprint density at radius 3 is 0.870 bits per heavy atom. The number of phosphoric ester groups is 1. The summed E-state index contributed by atoms with van der Waals surface area (Å²) in [5.41, 5.74) is 0. The molecule has 10 heteroatoms. The van der Waals surface area contributed by atoms with Gasteiger partial charge in [-0.2, -0.15) is 0 Å². The topological polar surface area (TPSA) is 111 Å². The number of quaternary nitrogens is 1. The predicted octanol–water partition coefficient (Wildman–Crippen LogP) is 23.0. The molecule has 0 saturated heterocycles. The smallest absolute Gasteiger partial charge is 0.306 e. The molecule has 0 rings (SSSR count). The lowest BCUT2D eigenvalue weighted by Crippen LogP contribution is -2.37. The van der Waals surface area contributed by atoms with Crippen LogP contribution in [0.2, 0.25) is 0 Å². The molecule has 0 spiro atoms. The third-order valence-electron chi connectivity index (χ3n) is 14.0. The fraction of sp³-hybridized carbons (Fsp3) is 0.537. The van der Waals surface area contributed by atoms with Crippen molar-refractivity contribution in [3.63, 3.8) is 0 Å². The Bertz CT molecular complexity index is 2360. The van der Waals surface area contributed by atoms with Crippen LogP contribution in [0.3, 0.4) is 0 Å². The minimum atomic E-state index is -4.67. The Balaban J connectivity index is 4.21. The van der Waals surface area contributed by atoms with Crippen LogP contribution < -0.4 is 4.89 Å². The van der Waals surface area contributed by atoms with Gasteiger partial charge in [-0.3, -0.25) is 14.2 Å². The molecule has 0 amide bonds. The maximum absolute atomic E-state index is 12.9. The number of allylic oxidation sites excluding steroid dienone is 36. The highest BCUT2D eigenvalue weighted by atomic mass is 31.2. The van der Waals surface area contributed by atoms with E-state index < -0.39 is 32.5 Å². The summed E-state index contributed by atoms with van der Waals surface area (Å²) in [5.74, 6) is -0.890. The van der Waals surface area contributed by atoms with E-state index >= 15 is 0 Å². The van der Waals surface area contributed by atoms with Crippen LogP contribution in [0.15, 0.2) is 219 Å². The minimum absolute atomic E-state index is 0.0498. The molecule has 0 bridgehead atoms. The Morgan fingerprint density at radius 1 is 0.337 bits per heavy atom. The summed E-state index contributed by atoms with van der Waals surface area (Å²) in [6.45, 7) is 3.94. The molecule has 514 valence electrons. The second-order valence-corrected chi connectivity index (χ2v) is 25.2. The van der Waals surface area contributed by atoms with Crippen LogP contribution in [0.25, 0.3) is 0 Å². The fourth-order valence-corrected chi connectivity index (χ4v) is 9.37. The molecule has 0 saturated carbocycles. The summed E-state index contributed by atoms with van der Waals surface area (Å²) < 4.78 is 34.3. The highest BCUT2D eigenvalue weighted by Gasteiger charge is 2.22. The van der Waals surface area contributed by atoms with Crippen molar-refractivity contribution in [2.24, 2.45) is 0 Å². The van der Waals surface area contributed by atoms with Crippen molar-refractivity contribution in [3.8, 4) is 0 Å². The fourth-order valence-electron chi connectivity index (χ4n) is 8.64. The van der Waals surface area contributed by atoms with Gasteiger partial charge in [0.25, 0.3) is 7.82 Å². The van der Waals surface area contributed by atoms with Crippen LogP contribution >= 0.6 is 7.82 Å². The molecule has 0 aromatic rings. The first kappa shape index (κ1) is 86.3. The number of ether oxygens (including phenoxy) is 2. The van der Waals surface area contributed by atoms with Gasteiger partial charge in [0.05, 0.1) is 27.7 Å². The SMILES string of the molecule is CC/C=C\C/C=C\C/C=C\C/C=C\C/C=C\C/C=C\C/C=C\C/C=C\C/C=C\C/C=C\CCCCCCCCCCC(=O)OC(COC(=O)CCCCCC/C=C\C/C=C\C/C=C\C/C=C\C/C=C\C/C=C\C/C=C\C/C=C\CC)COP(=O)([O-])OCC[N+](C)(C)C. The van der Waals surface area contributed by atoms with E-state index in [1.54, 1.807) is 0 Å². The summed E-state index contributed by atoms with van der Waals surface area (Å²) in [6, 6.07) is 0. The van der Waals surface area contributed by atoms with Gasteiger partial charge in [0.15, 0.2) is 6.10 Å². The monoisotopic (exact) mass is 1290 g/mol. The van der Waals surface area contributed by atoms with E-state index in [9.17, 15) is 19.0 Å². The highest BCUT2D eigenvalue weighted by Crippen LogP contribution is 2.38. The second kappa shape index (κ2) is 69.7. The molecule has 0 heterocycles. The summed E-state index contributed by atoms with van der Waals surface area (Å²) in [6.07, 6.45) is 111. The van der Waals surface area contributed by atoms with E-state index in [0.717, 1.165) is 167 Å². The van der Waals surface area contributed by atoms with E-state index in [0.29, 0.717) is 23.9 Å². The Labute approximate surface area is 563 Å². The minimum Gasteiger partial charge on any atom is -0.756 e. The Kier molecular flexibility index (Phi) is 65.4. The quantitative estimate of drug-likeness (QED) is 0.0195. The van der Waals surface area contributed by atoms with Crippen molar-refractivity contribution >= 4 is 19.8 Å². The number of carbonyl (C=O) groups excluding carboxylic acids is 2. The number of rotatable bonds is 62. The van der Waals surface area contributed by atoms with Gasteiger partial charge >= 0.3 is 11.9 Å². The zero-order chi connectivity index (χ0) is 66.9. The molecular weight excluding hydrogens is 1160 g/mol. The van der Waals surface area contributed by atoms with E-state index in [1.807, 2.05) is 21.1 Å². The summed E-state index contributed by atoms with van der Waals surface area (Å²) in [5, 5.41) is 0. The average Bonchev–Trinajstić information content (AvgIpc) is 2.14. The van der Waals surface area contributed by atoms with E-state index in [1.165, 1.54) is 25.7 Å². The van der Waals surface area contributed by atoms with Gasteiger partial charge in [0.1, 0.15) is 19.8 Å². The van der Waals surface area contributed by atoms with Crippen molar-refractivity contribution in [2.75, 3.05) is 47.5 Å². The van der Waals surface area contributed by atoms with Crippen molar-refractivity contribution in [1.29, 1.82) is 0 Å². The van der Waals surface area contributed by atoms with Gasteiger partial charge < -0.3 is 27.9 Å². The number of hydrogen-bond donors (Lipinski definition) is 0. The third-order valence-corrected chi connectivity index (χ3v) is 15.0. The molecule has 0 fully saturated rings. The lowest BCUT2D eigenvalue weighted by Gasteiger charge is -2.28. The van der Waals surface area contributed by atoms with Crippen LogP contribution in [-0.2, 0) is 32.7 Å². The molecule has 0 aliphatic rings. The van der Waals surface area contributed by atoms with E-state index in [2.05, 4.69) is 233 Å². The van der Waals surface area contributed by atoms with Crippen molar-refractivity contribution in [3.05, 3.63) is 219 Å². The molecule has 0 aromatic carbocycles. The zero-order valence-electron chi connectivity index (χ0n) is 58.4. The van der Waals surface area contributed by atoms with Crippen LogP contribution in [0, 0.1) is 0 Å². The molecule has 2 unspecified atom stereocenters. The van der Waals surface area contributed by atoms with Crippen molar-refractivity contribution in [2.45, 2.75) is 238 Å². The molecule has 0 aliphatic heterocycles. The standard InChI is InChI=1S/C82H128NO8P/c1-6-8-10-12-14-16-18-20-22-24-26-28-30-32-34-36-37-38-39-40-41-42-43-44-45-47-49-51-53-55-57-59-61-63-65-67-69-71-73-75-82(85)91-80(79-90-92(86,87)89-77-76-83(3,4)5)78-88-81(84)74-72-70-68-66-64-62-60-58-56-54-52-50-48-46-35-33-31-29-27-25-23-21-19-17-15-13-11-9-7-2/h8-11,14-17,20-23,26-29,32-35,37-38,40-41,43-44,47-50,53-56,60,62,80H,6-7,12-13,18-19,24-25,30-31,36,39,42,45-46,51-52,57-59,61,63-79H2,1-5H3/b10-8-,11-9-,16-14-,17-15-,22-20-,23-21-,28-26-,29-27-,34-32-,35-33-,38-37-,41-40-,44-43-,49-47-,50-48-,55-53-,56-54-,62-60-. The Morgan fingerprint density at radius 2 is 0.587 bits per heavy atom. The molecule has 9 nitrogen and oxygen atoms in total. The van der Waals surface area contributed by atoms with Crippen LogP contribution in [-0.4, -0.2) is 70.0 Å². The predicted molar refractivity (Wildman–Crippen MR) is 396 cm³/mol. The molecule has 2 atom stereocenters. The van der Waals surface area contributed by atoms with Gasteiger partial charge in [-0.05, 0) is 154 Å². The molecule has 0 N–H and O–H groups in total. The van der Waals surface area contributed by atoms with Crippen molar-refractivity contribution < 1.29 is 42.1 Å². The van der Waals surface area contributed by atoms with Crippen molar-refractivity contribution in [1.82, 2.24) is 0 Å². The average molecular weight is 1290 g/mol. The molecular formula is C82H128NO8P. The molecule has 0 aromatic heterocycles. The van der Waals surface area contributed by atoms with Gasteiger partial charge in [-0.25, -0.2) is 0 Å². The van der Waals surface area contributed by atoms with Gasteiger partial charge in [0.2, 0.25) is 0 Å². The zero-order valence-corrected chi connectivity index (χ0v) is 59.3. The number of carbonyl (C=O) groups is 2. The first-order valence-electron chi connectivity index (χ1n) is 35.4. The molecule has 0 radical (unpaired) electrons. The lowest BCUT2D eigenvalue weighted by molar-refractivity contribution is -0.870. The maximum atomic E-state index is 12.9. The Hall–Kier alpha value is -5.67. The number of esters is 2. The number of likely N-dealkylation sites (N-methyl/N-ethyl adjacent to an activating group) is 1. The summed E-state index contributed by atoms with van der Waals surface area (Å²) in [4.78, 5) is 38.1. The van der Waals surface area contributed by atoms with E-state index in [-0.39, 0.29) is 26.1 Å². The van der Waals surface area contributed by atoms with Crippen LogP contribution in [0.1, 0.15) is 232 Å². The molecule has 0 aliphatic carbocycles. The first-order valence-corrected chi connectivity index (χ1v) is 36.9. The summed E-state index contributed by atoms with van der Waals surface area (Å²) in [7, 11) is 1.11. The first-order chi connectivity index (χ1) is 45.0. The maximum Gasteiger partial charge on any atom is 0.306 e. The van der Waals surface area contributed by atoms with Crippen LogP contribution in [0.4, 0.5) is 0 Å². The van der Waals surface area contributed by atoms with Gasteiger partial charge in [-0.15, -0.1) is 0 Å². The number of hydrogen-bond acceptors (Lipinski definition) is 8. The third kappa shape index (κ3) is 73.4.